The number of benzene rings is 1. The second-order valence-corrected chi connectivity index (χ2v) is 4.29. The second-order valence-electron chi connectivity index (χ2n) is 3.76. The summed E-state index contributed by atoms with van der Waals surface area (Å²) >= 11 is 1.23. The van der Waals surface area contributed by atoms with Gasteiger partial charge in [-0.05, 0) is 24.3 Å². The third kappa shape index (κ3) is 1.11. The summed E-state index contributed by atoms with van der Waals surface area (Å²) in [4.78, 5) is 8.83. The van der Waals surface area contributed by atoms with Crippen molar-refractivity contribution in [2.45, 2.75) is 0 Å². The van der Waals surface area contributed by atoms with Crippen molar-refractivity contribution >= 4 is 44.6 Å². The van der Waals surface area contributed by atoms with E-state index in [4.69, 9.17) is 0 Å². The van der Waals surface area contributed by atoms with Crippen molar-refractivity contribution in [3.05, 3.63) is 36.7 Å². The Balaban J connectivity index is 2.48. The van der Waals surface area contributed by atoms with Crippen LogP contribution in [0.2, 0.25) is 0 Å². The molecular formula is C12H6N4S. The van der Waals surface area contributed by atoms with Crippen LogP contribution >= 0.6 is 11.7 Å². The monoisotopic (exact) mass is 238 g/mol. The number of pyridine rings is 2. The number of aromatic nitrogens is 4. The molecule has 0 saturated heterocycles. The predicted molar refractivity (Wildman–Crippen MR) is 68.0 cm³/mol. The van der Waals surface area contributed by atoms with E-state index in [2.05, 4.69) is 18.7 Å². The number of hydrogen-bond acceptors (Lipinski definition) is 5. The average Bonchev–Trinajstić information content (AvgIpc) is 2.89. The Morgan fingerprint density at radius 3 is 1.76 bits per heavy atom. The van der Waals surface area contributed by atoms with E-state index < -0.39 is 0 Å². The van der Waals surface area contributed by atoms with Gasteiger partial charge in [0.15, 0.2) is 0 Å². The lowest BCUT2D eigenvalue weighted by Crippen LogP contribution is -1.86. The number of hydrogen-bond donors (Lipinski definition) is 0. The highest BCUT2D eigenvalue weighted by molar-refractivity contribution is 7.00. The van der Waals surface area contributed by atoms with Crippen molar-refractivity contribution in [2.24, 2.45) is 0 Å². The molecule has 0 saturated carbocycles. The summed E-state index contributed by atoms with van der Waals surface area (Å²) in [6.45, 7) is 0. The van der Waals surface area contributed by atoms with Gasteiger partial charge in [0.2, 0.25) is 0 Å². The molecule has 0 fully saturated rings. The highest BCUT2D eigenvalue weighted by atomic mass is 32.1. The van der Waals surface area contributed by atoms with Gasteiger partial charge < -0.3 is 0 Å². The highest BCUT2D eigenvalue weighted by Gasteiger charge is 2.12. The molecule has 0 atom stereocenters. The molecule has 5 heteroatoms. The molecule has 0 aliphatic rings. The highest BCUT2D eigenvalue weighted by Crippen LogP contribution is 2.30. The van der Waals surface area contributed by atoms with E-state index in [0.29, 0.717) is 0 Å². The zero-order valence-electron chi connectivity index (χ0n) is 8.66. The normalized spacial score (nSPS) is 11.5. The van der Waals surface area contributed by atoms with Gasteiger partial charge in [0.25, 0.3) is 0 Å². The minimum Gasteiger partial charge on any atom is -0.254 e. The third-order valence-electron chi connectivity index (χ3n) is 2.84. The maximum atomic E-state index is 4.41. The van der Waals surface area contributed by atoms with Crippen molar-refractivity contribution in [1.29, 1.82) is 0 Å². The number of fused-ring (bicyclic) bond motifs is 6. The van der Waals surface area contributed by atoms with Crippen LogP contribution in [0, 0.1) is 0 Å². The van der Waals surface area contributed by atoms with Crippen molar-refractivity contribution in [3.8, 4) is 0 Å². The molecule has 0 radical (unpaired) electrons. The minimum atomic E-state index is 0.892. The molecular weight excluding hydrogens is 232 g/mol. The van der Waals surface area contributed by atoms with E-state index in [-0.39, 0.29) is 0 Å². The van der Waals surface area contributed by atoms with Crippen LogP contribution in [-0.4, -0.2) is 18.7 Å². The molecule has 4 aromatic rings. The van der Waals surface area contributed by atoms with E-state index >= 15 is 0 Å². The van der Waals surface area contributed by atoms with Gasteiger partial charge in [-0.3, -0.25) is 9.97 Å². The molecule has 80 valence electrons. The van der Waals surface area contributed by atoms with E-state index in [1.807, 2.05) is 24.3 Å². The molecule has 1 aromatic carbocycles. The van der Waals surface area contributed by atoms with Gasteiger partial charge in [0.05, 0.1) is 22.8 Å². The molecule has 0 aliphatic heterocycles. The number of nitrogens with zero attached hydrogens (tertiary/aromatic N) is 4. The quantitative estimate of drug-likeness (QED) is 0.442. The summed E-state index contributed by atoms with van der Waals surface area (Å²) in [6.07, 6.45) is 3.56. The summed E-state index contributed by atoms with van der Waals surface area (Å²) in [5, 5.41) is 2.03. The molecule has 4 nitrogen and oxygen atoms in total. The van der Waals surface area contributed by atoms with Gasteiger partial charge in [-0.2, -0.15) is 8.75 Å². The van der Waals surface area contributed by atoms with Crippen LogP contribution in [0.3, 0.4) is 0 Å². The van der Waals surface area contributed by atoms with E-state index in [9.17, 15) is 0 Å². The molecule has 4 rings (SSSR count). The third-order valence-corrected chi connectivity index (χ3v) is 3.37. The zero-order valence-corrected chi connectivity index (χ0v) is 9.48. The van der Waals surface area contributed by atoms with Crippen LogP contribution in [0.25, 0.3) is 32.8 Å². The van der Waals surface area contributed by atoms with Crippen LogP contribution in [0.1, 0.15) is 0 Å². The topological polar surface area (TPSA) is 51.6 Å². The van der Waals surface area contributed by atoms with Crippen LogP contribution in [-0.2, 0) is 0 Å². The Morgan fingerprint density at radius 1 is 0.706 bits per heavy atom. The summed E-state index contributed by atoms with van der Waals surface area (Å²) in [5.74, 6) is 0. The first kappa shape index (κ1) is 8.95. The van der Waals surface area contributed by atoms with Crippen LogP contribution in [0.15, 0.2) is 36.7 Å². The standard InChI is InChI=1S/C12H6N4S/c1-3-7-9(13-5-1)10-8(4-2-6-14-10)12-11(7)15-17-16-12/h1-6H. The number of rotatable bonds is 0. The van der Waals surface area contributed by atoms with Gasteiger partial charge in [-0.15, -0.1) is 0 Å². The van der Waals surface area contributed by atoms with Gasteiger partial charge in [-0.25, -0.2) is 0 Å². The van der Waals surface area contributed by atoms with Gasteiger partial charge in [-0.1, -0.05) is 0 Å². The zero-order chi connectivity index (χ0) is 11.2. The van der Waals surface area contributed by atoms with E-state index in [1.54, 1.807) is 12.4 Å². The molecule has 0 spiro atoms. The average molecular weight is 238 g/mol. The van der Waals surface area contributed by atoms with E-state index in [0.717, 1.165) is 32.8 Å². The van der Waals surface area contributed by atoms with Gasteiger partial charge in [0, 0.05) is 23.2 Å². The van der Waals surface area contributed by atoms with Gasteiger partial charge >= 0.3 is 0 Å². The molecule has 3 heterocycles. The van der Waals surface area contributed by atoms with Crippen LogP contribution in [0.5, 0.6) is 0 Å². The first-order valence-corrected chi connectivity index (χ1v) is 5.92. The van der Waals surface area contributed by atoms with Crippen molar-refractivity contribution in [1.82, 2.24) is 18.7 Å². The fourth-order valence-electron chi connectivity index (χ4n) is 2.11. The lowest BCUT2D eigenvalue weighted by molar-refractivity contribution is 1.38. The molecule has 0 aliphatic carbocycles. The first-order valence-electron chi connectivity index (χ1n) is 5.19. The SMILES string of the molecule is c1cnc2c(c1)c1nsnc1c1cccnc12. The summed E-state index contributed by atoms with van der Waals surface area (Å²) < 4.78 is 8.72. The fraction of sp³-hybridized carbons (Fsp3) is 0. The van der Waals surface area contributed by atoms with Crippen molar-refractivity contribution < 1.29 is 0 Å². The predicted octanol–water partition coefficient (Wildman–Crippen LogP) is 2.79. The molecule has 0 unspecified atom stereocenters. The van der Waals surface area contributed by atoms with Crippen LogP contribution in [0.4, 0.5) is 0 Å². The fourth-order valence-corrected chi connectivity index (χ4v) is 2.69. The molecule has 3 aromatic heterocycles. The van der Waals surface area contributed by atoms with Crippen molar-refractivity contribution in [3.63, 3.8) is 0 Å². The molecule has 0 N–H and O–H groups in total. The minimum absolute atomic E-state index is 0.892. The molecule has 0 bridgehead atoms. The first-order chi connectivity index (χ1) is 8.45. The smallest absolute Gasteiger partial charge is 0.114 e. The Morgan fingerprint density at radius 2 is 1.24 bits per heavy atom. The van der Waals surface area contributed by atoms with Gasteiger partial charge in [0.1, 0.15) is 11.0 Å². The lowest BCUT2D eigenvalue weighted by atomic mass is 10.1. The Kier molecular flexibility index (Phi) is 1.67. The largest absolute Gasteiger partial charge is 0.254 e. The maximum Gasteiger partial charge on any atom is 0.114 e. The second kappa shape index (κ2) is 3.18. The Bertz CT molecular complexity index is 783. The van der Waals surface area contributed by atoms with E-state index in [1.165, 1.54) is 11.7 Å². The summed E-state index contributed by atoms with van der Waals surface area (Å²) in [5.41, 5.74) is 3.61. The van der Waals surface area contributed by atoms with Crippen molar-refractivity contribution in [2.75, 3.05) is 0 Å². The lowest BCUT2D eigenvalue weighted by Gasteiger charge is -2.02. The maximum absolute atomic E-state index is 4.41. The van der Waals surface area contributed by atoms with Crippen LogP contribution < -0.4 is 0 Å². The Labute approximate surface area is 100 Å². The molecule has 0 amide bonds. The molecule has 17 heavy (non-hydrogen) atoms. The Hall–Kier alpha value is -2.14. The summed E-state index contributed by atoms with van der Waals surface area (Å²) in [7, 11) is 0. The summed E-state index contributed by atoms with van der Waals surface area (Å²) in [6, 6.07) is 7.85.